The first kappa shape index (κ1) is 15.2. The molecule has 8 heteroatoms. The topological polar surface area (TPSA) is 102 Å². The van der Waals surface area contributed by atoms with E-state index in [9.17, 15) is 14.4 Å². The Bertz CT molecular complexity index is 340. The number of nitrogens with zero attached hydrogens (tertiary/aromatic N) is 2. The molecule has 1 aliphatic rings. The highest BCUT2D eigenvalue weighted by atomic mass is 16.4. The lowest BCUT2D eigenvalue weighted by Gasteiger charge is -2.33. The fraction of sp³-hybridized carbons (Fsp3) is 0.727. The van der Waals surface area contributed by atoms with Crippen LogP contribution in [0.2, 0.25) is 0 Å². The molecule has 19 heavy (non-hydrogen) atoms. The van der Waals surface area contributed by atoms with Crippen molar-refractivity contribution in [3.8, 4) is 0 Å². The van der Waals surface area contributed by atoms with Crippen LogP contribution in [0.4, 0.5) is 4.79 Å². The molecule has 0 aromatic rings. The van der Waals surface area contributed by atoms with Crippen LogP contribution in [0, 0.1) is 0 Å². The molecule has 1 saturated heterocycles. The minimum absolute atomic E-state index is 0.0119. The van der Waals surface area contributed by atoms with E-state index < -0.39 is 5.97 Å². The molecular formula is C11H20N4O4. The first-order valence-corrected chi connectivity index (χ1v) is 6.20. The predicted molar refractivity (Wildman–Crippen MR) is 67.7 cm³/mol. The molecule has 0 saturated carbocycles. The van der Waals surface area contributed by atoms with Crippen LogP contribution in [-0.2, 0) is 9.59 Å². The Hall–Kier alpha value is -1.83. The molecule has 0 aromatic heterocycles. The van der Waals surface area contributed by atoms with Crippen LogP contribution in [0.5, 0.6) is 0 Å². The van der Waals surface area contributed by atoms with E-state index >= 15 is 0 Å². The Kier molecular flexibility index (Phi) is 6.07. The normalized spacial score (nSPS) is 15.9. The maximum absolute atomic E-state index is 11.7. The summed E-state index contributed by atoms with van der Waals surface area (Å²) in [6, 6.07) is -0.180. The van der Waals surface area contributed by atoms with Gasteiger partial charge < -0.3 is 20.6 Å². The summed E-state index contributed by atoms with van der Waals surface area (Å²) < 4.78 is 0. The lowest BCUT2D eigenvalue weighted by molar-refractivity contribution is -0.138. The highest BCUT2D eigenvalue weighted by Crippen LogP contribution is 2.01. The Morgan fingerprint density at radius 1 is 1.05 bits per heavy atom. The molecule has 3 amide bonds. The van der Waals surface area contributed by atoms with Gasteiger partial charge >= 0.3 is 12.0 Å². The van der Waals surface area contributed by atoms with Gasteiger partial charge in [0.1, 0.15) is 0 Å². The van der Waals surface area contributed by atoms with Crippen molar-refractivity contribution in [3.63, 3.8) is 0 Å². The minimum Gasteiger partial charge on any atom is -0.480 e. The zero-order chi connectivity index (χ0) is 14.3. The summed E-state index contributed by atoms with van der Waals surface area (Å²) >= 11 is 0. The van der Waals surface area contributed by atoms with Gasteiger partial charge in [-0.15, -0.1) is 0 Å². The average molecular weight is 272 g/mol. The fourth-order valence-corrected chi connectivity index (χ4v) is 1.82. The lowest BCUT2D eigenvalue weighted by atomic mass is 10.3. The number of carbonyl (C=O) groups is 3. The molecular weight excluding hydrogens is 252 g/mol. The van der Waals surface area contributed by atoms with E-state index in [1.807, 2.05) is 0 Å². The van der Waals surface area contributed by atoms with Crippen molar-refractivity contribution in [1.29, 1.82) is 0 Å². The summed E-state index contributed by atoms with van der Waals surface area (Å²) in [7, 11) is 0. The minimum atomic E-state index is -0.854. The van der Waals surface area contributed by atoms with E-state index in [4.69, 9.17) is 5.11 Å². The second kappa shape index (κ2) is 7.57. The molecule has 1 rings (SSSR count). The highest BCUT2D eigenvalue weighted by molar-refractivity contribution is 5.75. The maximum Gasteiger partial charge on any atom is 0.317 e. The van der Waals surface area contributed by atoms with Crippen molar-refractivity contribution in [3.05, 3.63) is 0 Å². The molecule has 0 unspecified atom stereocenters. The summed E-state index contributed by atoms with van der Waals surface area (Å²) in [6.07, 6.45) is 0. The zero-order valence-electron chi connectivity index (χ0n) is 11.0. The Morgan fingerprint density at radius 2 is 1.63 bits per heavy atom. The van der Waals surface area contributed by atoms with Crippen molar-refractivity contribution >= 4 is 17.9 Å². The number of aliphatic carboxylic acids is 1. The summed E-state index contributed by atoms with van der Waals surface area (Å²) in [5.74, 6) is -0.982. The number of carboxylic acids is 1. The van der Waals surface area contributed by atoms with Gasteiger partial charge in [0, 0.05) is 46.2 Å². The number of rotatable bonds is 5. The second-order valence-corrected chi connectivity index (χ2v) is 4.37. The second-order valence-electron chi connectivity index (χ2n) is 4.37. The molecule has 0 bridgehead atoms. The molecule has 0 aliphatic carbocycles. The molecule has 0 spiro atoms. The molecule has 1 heterocycles. The monoisotopic (exact) mass is 272 g/mol. The van der Waals surface area contributed by atoms with Gasteiger partial charge in [-0.05, 0) is 0 Å². The smallest absolute Gasteiger partial charge is 0.317 e. The van der Waals surface area contributed by atoms with Gasteiger partial charge in [0.05, 0.1) is 6.54 Å². The van der Waals surface area contributed by atoms with Gasteiger partial charge in [0.2, 0.25) is 5.91 Å². The van der Waals surface area contributed by atoms with Crippen molar-refractivity contribution in [2.24, 2.45) is 0 Å². The van der Waals surface area contributed by atoms with Crippen molar-refractivity contribution in [2.45, 2.75) is 6.92 Å². The summed E-state index contributed by atoms with van der Waals surface area (Å²) in [5, 5.41) is 13.9. The van der Waals surface area contributed by atoms with E-state index in [0.29, 0.717) is 39.3 Å². The van der Waals surface area contributed by atoms with E-state index in [2.05, 4.69) is 10.6 Å². The first-order chi connectivity index (χ1) is 8.99. The molecule has 0 radical (unpaired) electrons. The molecule has 8 nitrogen and oxygen atoms in total. The van der Waals surface area contributed by atoms with Crippen LogP contribution in [0.25, 0.3) is 0 Å². The summed E-state index contributed by atoms with van der Waals surface area (Å²) in [4.78, 5) is 36.3. The van der Waals surface area contributed by atoms with Crippen molar-refractivity contribution in [2.75, 3.05) is 45.8 Å². The Labute approximate surface area is 111 Å². The Morgan fingerprint density at radius 3 is 2.16 bits per heavy atom. The maximum atomic E-state index is 11.7. The van der Waals surface area contributed by atoms with Crippen LogP contribution in [0.1, 0.15) is 6.92 Å². The average Bonchev–Trinajstić information content (AvgIpc) is 2.34. The van der Waals surface area contributed by atoms with E-state index in [1.165, 1.54) is 6.92 Å². The SMILES string of the molecule is CC(=O)NCCNC(=O)N1CCN(CC(=O)O)CC1. The van der Waals surface area contributed by atoms with E-state index in [0.717, 1.165) is 0 Å². The lowest BCUT2D eigenvalue weighted by Crippen LogP contribution is -2.53. The number of piperazine rings is 1. The molecule has 3 N–H and O–H groups in total. The number of carbonyl (C=O) groups excluding carboxylic acids is 2. The van der Waals surface area contributed by atoms with Crippen LogP contribution >= 0.6 is 0 Å². The van der Waals surface area contributed by atoms with E-state index in [-0.39, 0.29) is 18.5 Å². The van der Waals surface area contributed by atoms with Crippen molar-refractivity contribution < 1.29 is 19.5 Å². The van der Waals surface area contributed by atoms with Crippen LogP contribution < -0.4 is 10.6 Å². The number of carboxylic acid groups (broad SMARTS) is 1. The summed E-state index contributed by atoms with van der Waals surface area (Å²) in [6.45, 7) is 4.37. The van der Waals surface area contributed by atoms with Crippen LogP contribution in [0.3, 0.4) is 0 Å². The number of hydrogen-bond donors (Lipinski definition) is 3. The fourth-order valence-electron chi connectivity index (χ4n) is 1.82. The standard InChI is InChI=1S/C11H20N4O4/c1-9(16)12-2-3-13-11(19)15-6-4-14(5-7-15)8-10(17)18/h2-8H2,1H3,(H,12,16)(H,13,19)(H,17,18). The number of urea groups is 1. The predicted octanol–water partition coefficient (Wildman–Crippen LogP) is -1.47. The van der Waals surface area contributed by atoms with Gasteiger partial charge in [-0.25, -0.2) is 4.79 Å². The molecule has 1 aliphatic heterocycles. The van der Waals surface area contributed by atoms with Crippen LogP contribution in [-0.4, -0.2) is 78.6 Å². The summed E-state index contributed by atoms with van der Waals surface area (Å²) in [5.41, 5.74) is 0. The van der Waals surface area contributed by atoms with Crippen molar-refractivity contribution in [1.82, 2.24) is 20.4 Å². The molecule has 1 fully saturated rings. The molecule has 108 valence electrons. The Balaban J connectivity index is 2.18. The number of amides is 3. The quantitative estimate of drug-likeness (QED) is 0.531. The molecule has 0 aromatic carbocycles. The number of nitrogens with one attached hydrogen (secondary N) is 2. The molecule has 0 atom stereocenters. The third-order valence-electron chi connectivity index (χ3n) is 2.79. The van der Waals surface area contributed by atoms with Gasteiger partial charge in [0.15, 0.2) is 0 Å². The van der Waals surface area contributed by atoms with Gasteiger partial charge in [0.25, 0.3) is 0 Å². The zero-order valence-corrected chi connectivity index (χ0v) is 11.0. The number of hydrogen-bond acceptors (Lipinski definition) is 4. The van der Waals surface area contributed by atoms with E-state index in [1.54, 1.807) is 9.80 Å². The third-order valence-corrected chi connectivity index (χ3v) is 2.79. The van der Waals surface area contributed by atoms with Gasteiger partial charge in [-0.2, -0.15) is 0 Å². The highest BCUT2D eigenvalue weighted by Gasteiger charge is 2.21. The largest absolute Gasteiger partial charge is 0.480 e. The first-order valence-electron chi connectivity index (χ1n) is 6.20. The third kappa shape index (κ3) is 6.05. The van der Waals surface area contributed by atoms with Crippen LogP contribution in [0.15, 0.2) is 0 Å². The van der Waals surface area contributed by atoms with Gasteiger partial charge in [-0.1, -0.05) is 0 Å². The van der Waals surface area contributed by atoms with Gasteiger partial charge in [-0.3, -0.25) is 14.5 Å².